The minimum atomic E-state index is 0.293. The number of nitrogens with zero attached hydrogens (tertiary/aromatic N) is 4. The first-order valence-corrected chi connectivity index (χ1v) is 7.04. The molecule has 0 saturated carbocycles. The first-order valence-electron chi connectivity index (χ1n) is 6.67. The molecule has 0 spiro atoms. The monoisotopic (exact) mass is 307 g/mol. The molecule has 2 rings (SSSR count). The number of rotatable bonds is 6. The number of nitrogens with one attached hydrogen (secondary N) is 2. The molecule has 1 aromatic heterocycles. The number of hydrazine groups is 1. The van der Waals surface area contributed by atoms with Crippen LogP contribution >= 0.6 is 11.6 Å². The van der Waals surface area contributed by atoms with Crippen LogP contribution in [0.3, 0.4) is 0 Å². The number of nitrogen functional groups attached to an aromatic ring is 1. The van der Waals surface area contributed by atoms with Gasteiger partial charge in [0.1, 0.15) is 0 Å². The number of hydrogen-bond acceptors (Lipinski definition) is 7. The molecule has 2 aromatic rings. The molecule has 8 heteroatoms. The fraction of sp³-hybridized carbons (Fsp3) is 0.308. The summed E-state index contributed by atoms with van der Waals surface area (Å²) in [5.74, 6) is 6.65. The lowest BCUT2D eigenvalue weighted by atomic mass is 10.3. The normalized spacial score (nSPS) is 10.3. The molecular formula is C13H18ClN7. The summed E-state index contributed by atoms with van der Waals surface area (Å²) in [6.07, 6.45) is 0. The Morgan fingerprint density at radius 3 is 2.38 bits per heavy atom. The SMILES string of the molecule is CCN(CC)c1nc(NN)nc(Nc2ccccc2Cl)n1. The van der Waals surface area contributed by atoms with Gasteiger partial charge in [0.2, 0.25) is 17.8 Å². The van der Waals surface area contributed by atoms with Crippen molar-refractivity contribution in [3.63, 3.8) is 0 Å². The van der Waals surface area contributed by atoms with Crippen molar-refractivity contribution in [2.45, 2.75) is 13.8 Å². The second kappa shape index (κ2) is 7.05. The zero-order valence-corrected chi connectivity index (χ0v) is 12.7. The number of halogens is 1. The molecule has 21 heavy (non-hydrogen) atoms. The maximum Gasteiger partial charge on any atom is 0.243 e. The summed E-state index contributed by atoms with van der Waals surface area (Å²) < 4.78 is 0. The molecule has 1 heterocycles. The average molecular weight is 308 g/mol. The highest BCUT2D eigenvalue weighted by Gasteiger charge is 2.11. The van der Waals surface area contributed by atoms with Gasteiger partial charge in [-0.3, -0.25) is 5.43 Å². The van der Waals surface area contributed by atoms with Crippen LogP contribution in [0.1, 0.15) is 13.8 Å². The molecule has 112 valence electrons. The van der Waals surface area contributed by atoms with Gasteiger partial charge in [0, 0.05) is 13.1 Å². The molecule has 0 amide bonds. The molecule has 0 fully saturated rings. The van der Waals surface area contributed by atoms with Crippen LogP contribution in [0.15, 0.2) is 24.3 Å². The summed E-state index contributed by atoms with van der Waals surface area (Å²) in [4.78, 5) is 14.8. The fourth-order valence-electron chi connectivity index (χ4n) is 1.82. The summed E-state index contributed by atoms with van der Waals surface area (Å²) in [6, 6.07) is 7.37. The first-order chi connectivity index (χ1) is 10.2. The van der Waals surface area contributed by atoms with Gasteiger partial charge >= 0.3 is 0 Å². The smallest absolute Gasteiger partial charge is 0.243 e. The zero-order valence-electron chi connectivity index (χ0n) is 12.0. The Morgan fingerprint density at radius 1 is 1.10 bits per heavy atom. The third kappa shape index (κ3) is 3.71. The van der Waals surface area contributed by atoms with Gasteiger partial charge in [0.05, 0.1) is 10.7 Å². The molecule has 7 nitrogen and oxygen atoms in total. The number of aromatic nitrogens is 3. The lowest BCUT2D eigenvalue weighted by Gasteiger charge is -2.19. The Morgan fingerprint density at radius 2 is 1.76 bits per heavy atom. The minimum absolute atomic E-state index is 0.293. The largest absolute Gasteiger partial charge is 0.341 e. The quantitative estimate of drug-likeness (QED) is 0.557. The maximum absolute atomic E-state index is 6.12. The number of benzene rings is 1. The van der Waals surface area contributed by atoms with E-state index in [0.717, 1.165) is 18.8 Å². The molecule has 4 N–H and O–H groups in total. The molecule has 0 saturated heterocycles. The molecule has 0 radical (unpaired) electrons. The van der Waals surface area contributed by atoms with Crippen molar-refractivity contribution < 1.29 is 0 Å². The third-order valence-corrected chi connectivity index (χ3v) is 3.25. The van der Waals surface area contributed by atoms with Gasteiger partial charge in [-0.25, -0.2) is 5.84 Å². The highest BCUT2D eigenvalue weighted by molar-refractivity contribution is 6.33. The van der Waals surface area contributed by atoms with Crippen molar-refractivity contribution in [3.8, 4) is 0 Å². The standard InChI is InChI=1S/C13H18ClN7/c1-3-21(4-2)13-18-11(17-12(19-13)20-15)16-10-8-6-5-7-9(10)14/h5-8H,3-4,15H2,1-2H3,(H2,16,17,18,19,20). The van der Waals surface area contributed by atoms with Crippen LogP contribution in [0.25, 0.3) is 0 Å². The molecule has 0 aliphatic rings. The molecule has 0 aliphatic carbocycles. The van der Waals surface area contributed by atoms with Crippen LogP contribution in [0.2, 0.25) is 5.02 Å². The van der Waals surface area contributed by atoms with Gasteiger partial charge in [0.15, 0.2) is 0 Å². The summed E-state index contributed by atoms with van der Waals surface area (Å²) >= 11 is 6.12. The minimum Gasteiger partial charge on any atom is -0.341 e. The van der Waals surface area contributed by atoms with Crippen molar-refractivity contribution in [2.24, 2.45) is 5.84 Å². The Balaban J connectivity index is 2.35. The Kier molecular flexibility index (Phi) is 5.13. The van der Waals surface area contributed by atoms with E-state index in [4.69, 9.17) is 17.4 Å². The van der Waals surface area contributed by atoms with Crippen LogP contribution in [0, 0.1) is 0 Å². The second-order valence-electron chi connectivity index (χ2n) is 4.20. The highest BCUT2D eigenvalue weighted by Crippen LogP contribution is 2.24. The lowest BCUT2D eigenvalue weighted by Crippen LogP contribution is -2.25. The molecule has 0 atom stereocenters. The lowest BCUT2D eigenvalue weighted by molar-refractivity contribution is 0.814. The van der Waals surface area contributed by atoms with Gasteiger partial charge in [-0.15, -0.1) is 0 Å². The topological polar surface area (TPSA) is 92.0 Å². The van der Waals surface area contributed by atoms with E-state index in [2.05, 4.69) is 25.7 Å². The fourth-order valence-corrected chi connectivity index (χ4v) is 2.00. The predicted octanol–water partition coefficient (Wildman–Crippen LogP) is 2.40. The zero-order chi connectivity index (χ0) is 15.2. The van der Waals surface area contributed by atoms with Gasteiger partial charge in [-0.1, -0.05) is 23.7 Å². The summed E-state index contributed by atoms with van der Waals surface area (Å²) in [5.41, 5.74) is 3.17. The van der Waals surface area contributed by atoms with Crippen molar-refractivity contribution in [3.05, 3.63) is 29.3 Å². The van der Waals surface area contributed by atoms with Gasteiger partial charge in [-0.05, 0) is 26.0 Å². The summed E-state index contributed by atoms with van der Waals surface area (Å²) in [5, 5.41) is 3.66. The van der Waals surface area contributed by atoms with Crippen molar-refractivity contribution in [2.75, 3.05) is 28.7 Å². The maximum atomic E-state index is 6.12. The molecular weight excluding hydrogens is 290 g/mol. The number of hydrogen-bond donors (Lipinski definition) is 3. The van der Waals surface area contributed by atoms with E-state index < -0.39 is 0 Å². The van der Waals surface area contributed by atoms with E-state index in [1.165, 1.54) is 0 Å². The van der Waals surface area contributed by atoms with E-state index in [0.29, 0.717) is 22.9 Å². The van der Waals surface area contributed by atoms with E-state index in [1.54, 1.807) is 6.07 Å². The number of anilines is 4. The summed E-state index contributed by atoms with van der Waals surface area (Å²) in [6.45, 7) is 5.64. The van der Waals surface area contributed by atoms with Crippen molar-refractivity contribution in [1.82, 2.24) is 15.0 Å². The molecule has 0 aliphatic heterocycles. The van der Waals surface area contributed by atoms with E-state index in [1.807, 2.05) is 36.9 Å². The van der Waals surface area contributed by atoms with Crippen LogP contribution in [-0.2, 0) is 0 Å². The Hall–Kier alpha value is -2.12. The van der Waals surface area contributed by atoms with E-state index in [9.17, 15) is 0 Å². The molecule has 1 aromatic carbocycles. The summed E-state index contributed by atoms with van der Waals surface area (Å²) in [7, 11) is 0. The van der Waals surface area contributed by atoms with Crippen LogP contribution < -0.4 is 21.5 Å². The van der Waals surface area contributed by atoms with E-state index >= 15 is 0 Å². The average Bonchev–Trinajstić information content (AvgIpc) is 2.50. The third-order valence-electron chi connectivity index (χ3n) is 2.92. The Bertz CT molecular complexity index is 601. The van der Waals surface area contributed by atoms with Gasteiger partial charge < -0.3 is 10.2 Å². The van der Waals surface area contributed by atoms with Crippen LogP contribution in [0.4, 0.5) is 23.5 Å². The Labute approximate surface area is 128 Å². The number of nitrogens with two attached hydrogens (primary N) is 1. The van der Waals surface area contributed by atoms with Crippen LogP contribution in [-0.4, -0.2) is 28.0 Å². The predicted molar refractivity (Wildman–Crippen MR) is 85.9 cm³/mol. The van der Waals surface area contributed by atoms with Crippen molar-refractivity contribution in [1.29, 1.82) is 0 Å². The molecule has 0 bridgehead atoms. The van der Waals surface area contributed by atoms with Crippen molar-refractivity contribution >= 4 is 35.1 Å². The van der Waals surface area contributed by atoms with E-state index in [-0.39, 0.29) is 0 Å². The van der Waals surface area contributed by atoms with Gasteiger partial charge in [0.25, 0.3) is 0 Å². The van der Waals surface area contributed by atoms with Crippen LogP contribution in [0.5, 0.6) is 0 Å². The first kappa shape index (κ1) is 15.3. The highest BCUT2D eigenvalue weighted by atomic mass is 35.5. The molecule has 0 unspecified atom stereocenters. The number of para-hydroxylation sites is 1. The van der Waals surface area contributed by atoms with Gasteiger partial charge in [-0.2, -0.15) is 15.0 Å². The second-order valence-corrected chi connectivity index (χ2v) is 4.61.